The minimum atomic E-state index is 0.489. The van der Waals surface area contributed by atoms with Crippen LogP contribution in [0.25, 0.3) is 9.88 Å². The largest absolute Gasteiger partial charge is 0.497 e. The normalized spacial score (nSPS) is 10.5. The third-order valence-corrected chi connectivity index (χ3v) is 4.83. The van der Waals surface area contributed by atoms with Crippen molar-refractivity contribution in [3.63, 3.8) is 0 Å². The first kappa shape index (κ1) is 14.5. The standard InChI is InChI=1S/C13H11N5O2S2/c1-8-11(22-17-14-8)12-15-16-13(21-12)18(7-19)9-3-5-10(20-2)6-4-9/h3-7H,1-2H3. The Bertz CT molecular complexity index is 784. The smallest absolute Gasteiger partial charge is 0.220 e. The molecule has 0 N–H and O–H groups in total. The molecule has 0 aliphatic heterocycles. The van der Waals surface area contributed by atoms with Crippen molar-refractivity contribution in [2.45, 2.75) is 6.92 Å². The maximum atomic E-state index is 11.4. The van der Waals surface area contributed by atoms with Crippen molar-refractivity contribution >= 4 is 40.1 Å². The summed E-state index contributed by atoms with van der Waals surface area (Å²) in [7, 11) is 1.59. The minimum absolute atomic E-state index is 0.489. The Morgan fingerprint density at radius 1 is 1.18 bits per heavy atom. The van der Waals surface area contributed by atoms with Crippen LogP contribution in [0, 0.1) is 6.92 Å². The van der Waals surface area contributed by atoms with Crippen LogP contribution in [0.1, 0.15) is 5.69 Å². The first-order chi connectivity index (χ1) is 10.7. The predicted octanol–water partition coefficient (Wildman–Crippen LogP) is 2.67. The maximum absolute atomic E-state index is 11.4. The van der Waals surface area contributed by atoms with Crippen molar-refractivity contribution in [1.29, 1.82) is 0 Å². The SMILES string of the molecule is COc1ccc(N(C=O)c2nnc(-c3snnc3C)s2)cc1. The molecule has 0 fully saturated rings. The lowest BCUT2D eigenvalue weighted by Crippen LogP contribution is -2.13. The van der Waals surface area contributed by atoms with E-state index in [4.69, 9.17) is 4.74 Å². The number of ether oxygens (including phenoxy) is 1. The molecular formula is C13H11N5O2S2. The summed E-state index contributed by atoms with van der Waals surface area (Å²) < 4.78 is 8.99. The van der Waals surface area contributed by atoms with Crippen LogP contribution in [-0.2, 0) is 4.79 Å². The second-order valence-corrected chi connectivity index (χ2v) is 5.96. The van der Waals surface area contributed by atoms with Gasteiger partial charge in [-0.1, -0.05) is 15.8 Å². The second kappa shape index (κ2) is 6.16. The van der Waals surface area contributed by atoms with Crippen LogP contribution in [-0.4, -0.2) is 33.3 Å². The Morgan fingerprint density at radius 3 is 2.55 bits per heavy atom. The van der Waals surface area contributed by atoms with Crippen molar-refractivity contribution in [3.8, 4) is 15.6 Å². The molecule has 0 spiro atoms. The zero-order chi connectivity index (χ0) is 15.5. The molecule has 2 heterocycles. The van der Waals surface area contributed by atoms with E-state index in [9.17, 15) is 4.79 Å². The highest BCUT2D eigenvalue weighted by Crippen LogP contribution is 2.34. The van der Waals surface area contributed by atoms with Gasteiger partial charge in [-0.05, 0) is 42.7 Å². The van der Waals surface area contributed by atoms with Gasteiger partial charge in [0.15, 0.2) is 5.01 Å². The van der Waals surface area contributed by atoms with Gasteiger partial charge >= 0.3 is 0 Å². The molecule has 0 bridgehead atoms. The molecule has 0 radical (unpaired) electrons. The summed E-state index contributed by atoms with van der Waals surface area (Å²) >= 11 is 2.57. The highest BCUT2D eigenvalue weighted by atomic mass is 32.1. The number of hydrogen-bond acceptors (Lipinski definition) is 8. The number of anilines is 2. The van der Waals surface area contributed by atoms with Crippen molar-refractivity contribution in [2.75, 3.05) is 12.0 Å². The van der Waals surface area contributed by atoms with Crippen molar-refractivity contribution in [1.82, 2.24) is 19.8 Å². The number of aryl methyl sites for hydroxylation is 1. The fourth-order valence-corrected chi connectivity index (χ4v) is 3.39. The second-order valence-electron chi connectivity index (χ2n) is 4.25. The van der Waals surface area contributed by atoms with Gasteiger partial charge < -0.3 is 4.74 Å². The summed E-state index contributed by atoms with van der Waals surface area (Å²) in [6.07, 6.45) is 0.712. The quantitative estimate of drug-likeness (QED) is 0.668. The molecule has 9 heteroatoms. The van der Waals surface area contributed by atoms with E-state index in [0.717, 1.165) is 16.3 Å². The Labute approximate surface area is 134 Å². The number of amides is 1. The van der Waals surface area contributed by atoms with Gasteiger partial charge in [0, 0.05) is 0 Å². The molecule has 2 aromatic heterocycles. The van der Waals surface area contributed by atoms with Gasteiger partial charge in [0.2, 0.25) is 11.5 Å². The van der Waals surface area contributed by atoms with Crippen LogP contribution in [0.2, 0.25) is 0 Å². The number of nitrogens with zero attached hydrogens (tertiary/aromatic N) is 5. The average molecular weight is 333 g/mol. The van der Waals surface area contributed by atoms with Gasteiger partial charge in [-0.3, -0.25) is 9.69 Å². The molecule has 0 saturated carbocycles. The van der Waals surface area contributed by atoms with Crippen LogP contribution >= 0.6 is 22.9 Å². The maximum Gasteiger partial charge on any atom is 0.220 e. The van der Waals surface area contributed by atoms with E-state index in [0.29, 0.717) is 22.2 Å². The van der Waals surface area contributed by atoms with Crippen LogP contribution in [0.4, 0.5) is 10.8 Å². The van der Waals surface area contributed by atoms with Crippen LogP contribution in [0.3, 0.4) is 0 Å². The molecule has 3 rings (SSSR count). The van der Waals surface area contributed by atoms with E-state index in [-0.39, 0.29) is 0 Å². The molecule has 7 nitrogen and oxygen atoms in total. The number of carbonyl (C=O) groups is 1. The van der Waals surface area contributed by atoms with E-state index in [2.05, 4.69) is 19.8 Å². The molecule has 0 aliphatic rings. The van der Waals surface area contributed by atoms with Gasteiger partial charge in [-0.15, -0.1) is 15.3 Å². The molecule has 0 atom stereocenters. The van der Waals surface area contributed by atoms with E-state index in [1.807, 2.05) is 6.92 Å². The van der Waals surface area contributed by atoms with Crippen molar-refractivity contribution in [2.24, 2.45) is 0 Å². The molecule has 112 valence electrons. The highest BCUT2D eigenvalue weighted by molar-refractivity contribution is 7.22. The van der Waals surface area contributed by atoms with Gasteiger partial charge in [0.25, 0.3) is 0 Å². The fourth-order valence-electron chi connectivity index (χ4n) is 1.79. The first-order valence-electron chi connectivity index (χ1n) is 6.24. The van der Waals surface area contributed by atoms with Gasteiger partial charge in [0.05, 0.1) is 18.5 Å². The molecule has 3 aromatic rings. The summed E-state index contributed by atoms with van der Waals surface area (Å²) in [6.45, 7) is 1.86. The molecule has 1 amide bonds. The lowest BCUT2D eigenvalue weighted by Gasteiger charge is -2.13. The van der Waals surface area contributed by atoms with Gasteiger partial charge in [-0.25, -0.2) is 0 Å². The Hall–Kier alpha value is -2.39. The van der Waals surface area contributed by atoms with Crippen molar-refractivity contribution < 1.29 is 9.53 Å². The van der Waals surface area contributed by atoms with Crippen LogP contribution in [0.5, 0.6) is 5.75 Å². The number of benzene rings is 1. The van der Waals surface area contributed by atoms with Crippen LogP contribution in [0.15, 0.2) is 24.3 Å². The number of rotatable bonds is 5. The van der Waals surface area contributed by atoms with Crippen LogP contribution < -0.4 is 9.64 Å². The summed E-state index contributed by atoms with van der Waals surface area (Å²) in [5.74, 6) is 0.721. The lowest BCUT2D eigenvalue weighted by molar-refractivity contribution is -0.106. The summed E-state index contributed by atoms with van der Waals surface area (Å²) in [5.41, 5.74) is 1.49. The predicted molar refractivity (Wildman–Crippen MR) is 84.7 cm³/mol. The minimum Gasteiger partial charge on any atom is -0.497 e. The molecule has 1 aromatic carbocycles. The number of carbonyl (C=O) groups excluding carboxylic acids is 1. The first-order valence-corrected chi connectivity index (χ1v) is 7.83. The van der Waals surface area contributed by atoms with E-state index in [1.165, 1.54) is 27.8 Å². The van der Waals surface area contributed by atoms with E-state index >= 15 is 0 Å². The third kappa shape index (κ3) is 2.68. The fraction of sp³-hybridized carbons (Fsp3) is 0.154. The summed E-state index contributed by atoms with van der Waals surface area (Å²) in [5, 5.41) is 13.3. The number of methoxy groups -OCH3 is 1. The molecule has 0 saturated heterocycles. The lowest BCUT2D eigenvalue weighted by atomic mass is 10.3. The number of hydrogen-bond donors (Lipinski definition) is 0. The van der Waals surface area contributed by atoms with Gasteiger partial charge in [0.1, 0.15) is 10.6 Å². The molecule has 0 unspecified atom stereocenters. The molecule has 22 heavy (non-hydrogen) atoms. The van der Waals surface area contributed by atoms with E-state index < -0.39 is 0 Å². The third-order valence-electron chi connectivity index (χ3n) is 2.92. The van der Waals surface area contributed by atoms with Crippen molar-refractivity contribution in [3.05, 3.63) is 30.0 Å². The topological polar surface area (TPSA) is 81.1 Å². The summed E-state index contributed by atoms with van der Waals surface area (Å²) in [6, 6.07) is 7.14. The Kier molecular flexibility index (Phi) is 4.07. The number of aromatic nitrogens is 4. The highest BCUT2D eigenvalue weighted by Gasteiger charge is 2.17. The zero-order valence-electron chi connectivity index (χ0n) is 11.8. The average Bonchev–Trinajstić information content (AvgIpc) is 3.18. The Balaban J connectivity index is 1.92. The zero-order valence-corrected chi connectivity index (χ0v) is 13.4. The van der Waals surface area contributed by atoms with Gasteiger partial charge in [-0.2, -0.15) is 0 Å². The Morgan fingerprint density at radius 2 is 1.95 bits per heavy atom. The summed E-state index contributed by atoms with van der Waals surface area (Å²) in [4.78, 5) is 13.7. The molecular weight excluding hydrogens is 322 g/mol. The molecule has 0 aliphatic carbocycles. The van der Waals surface area contributed by atoms with E-state index in [1.54, 1.807) is 31.4 Å². The monoisotopic (exact) mass is 333 g/mol.